The molecule has 2 rings (SSSR count). The Hall–Kier alpha value is -1.08. The molecule has 1 fully saturated rings. The zero-order valence-corrected chi connectivity index (χ0v) is 19.3. The van der Waals surface area contributed by atoms with E-state index in [2.05, 4.69) is 0 Å². The van der Waals surface area contributed by atoms with E-state index in [1.807, 2.05) is 0 Å². The molecule has 1 aliphatic heterocycles. The Morgan fingerprint density at radius 1 is 1.07 bits per heavy atom. The molecule has 1 aliphatic rings. The van der Waals surface area contributed by atoms with Gasteiger partial charge in [-0.25, -0.2) is 0 Å². The lowest BCUT2D eigenvalue weighted by Crippen LogP contribution is -2.29. The summed E-state index contributed by atoms with van der Waals surface area (Å²) in [5.74, 6) is -0.781. The van der Waals surface area contributed by atoms with Crippen molar-refractivity contribution in [2.24, 2.45) is 0 Å². The molecule has 0 saturated carbocycles. The predicted molar refractivity (Wildman–Crippen MR) is 126 cm³/mol. The molecule has 1 aromatic carbocycles. The molecule has 0 radical (unpaired) electrons. The Kier molecular flexibility index (Phi) is 10.5. The number of aliphatic carboxylic acids is 1. The van der Waals surface area contributed by atoms with Gasteiger partial charge in [-0.3, -0.25) is 14.5 Å². The van der Waals surface area contributed by atoms with Crippen molar-refractivity contribution in [3.05, 3.63) is 38.7 Å². The van der Waals surface area contributed by atoms with Crippen LogP contribution in [0.15, 0.2) is 23.1 Å². The van der Waals surface area contributed by atoms with Crippen LogP contribution in [-0.2, 0) is 9.59 Å². The minimum Gasteiger partial charge on any atom is -0.481 e. The molecule has 0 bridgehead atoms. The Morgan fingerprint density at radius 2 is 1.69 bits per heavy atom. The van der Waals surface area contributed by atoms with E-state index in [0.29, 0.717) is 25.8 Å². The van der Waals surface area contributed by atoms with Crippen LogP contribution in [0.1, 0.15) is 63.4 Å². The number of rotatable bonds is 12. The van der Waals surface area contributed by atoms with Crippen LogP contribution in [-0.4, -0.2) is 32.7 Å². The topological polar surface area (TPSA) is 57.6 Å². The van der Waals surface area contributed by atoms with Crippen molar-refractivity contribution in [2.45, 2.75) is 57.8 Å². The largest absolute Gasteiger partial charge is 0.481 e. The van der Waals surface area contributed by atoms with Crippen molar-refractivity contribution in [3.8, 4) is 0 Å². The lowest BCUT2D eigenvalue weighted by atomic mass is 10.1. The highest BCUT2D eigenvalue weighted by Crippen LogP contribution is 2.34. The third-order valence-corrected chi connectivity index (χ3v) is 6.59. The van der Waals surface area contributed by atoms with Crippen LogP contribution in [0.3, 0.4) is 0 Å². The molecule has 1 N–H and O–H groups in total. The molecular formula is C21H25Cl2NO3S2. The zero-order valence-electron chi connectivity index (χ0n) is 16.2. The first-order chi connectivity index (χ1) is 13.9. The molecule has 0 unspecified atom stereocenters. The van der Waals surface area contributed by atoms with E-state index in [1.165, 1.54) is 11.8 Å². The SMILES string of the molecule is O=C(O)CCCCCCCCCCN1C(=O)/C(=C\c2ccc(Cl)cc2Cl)SC1=S. The van der Waals surface area contributed by atoms with E-state index >= 15 is 0 Å². The van der Waals surface area contributed by atoms with Crippen molar-refractivity contribution < 1.29 is 14.7 Å². The number of unbranched alkanes of at least 4 members (excludes halogenated alkanes) is 7. The maximum atomic E-state index is 12.7. The molecule has 158 valence electrons. The van der Waals surface area contributed by atoms with E-state index < -0.39 is 5.97 Å². The van der Waals surface area contributed by atoms with Gasteiger partial charge in [-0.2, -0.15) is 0 Å². The van der Waals surface area contributed by atoms with Gasteiger partial charge in [0.2, 0.25) is 0 Å². The van der Waals surface area contributed by atoms with Gasteiger partial charge in [0, 0.05) is 23.0 Å². The third-order valence-electron chi connectivity index (χ3n) is 4.65. The molecule has 29 heavy (non-hydrogen) atoms. The van der Waals surface area contributed by atoms with Crippen LogP contribution in [0.25, 0.3) is 6.08 Å². The quantitative estimate of drug-likeness (QED) is 0.205. The van der Waals surface area contributed by atoms with E-state index in [0.717, 1.165) is 56.9 Å². The molecular weight excluding hydrogens is 449 g/mol. The number of benzene rings is 1. The molecule has 1 amide bonds. The van der Waals surface area contributed by atoms with Crippen LogP contribution in [0.2, 0.25) is 10.0 Å². The van der Waals surface area contributed by atoms with Crippen LogP contribution < -0.4 is 0 Å². The van der Waals surface area contributed by atoms with E-state index in [4.69, 9.17) is 40.5 Å². The Morgan fingerprint density at radius 3 is 2.31 bits per heavy atom. The summed E-state index contributed by atoms with van der Waals surface area (Å²) in [4.78, 5) is 25.4. The number of nitrogens with zero attached hydrogens (tertiary/aromatic N) is 1. The first-order valence-corrected chi connectivity index (χ1v) is 11.8. The minimum atomic E-state index is -0.716. The standard InChI is InChI=1S/C21H25Cl2NO3S2/c22-16-11-10-15(17(23)14-16)13-18-20(27)24(21(28)29-18)12-8-6-4-2-1-3-5-7-9-19(25)26/h10-11,13-14H,1-9,12H2,(H,25,26)/b18-13+. The van der Waals surface area contributed by atoms with Crippen molar-refractivity contribution in [1.82, 2.24) is 4.90 Å². The van der Waals surface area contributed by atoms with Gasteiger partial charge in [0.25, 0.3) is 5.91 Å². The predicted octanol–water partition coefficient (Wildman–Crippen LogP) is 6.79. The normalized spacial score (nSPS) is 15.5. The molecule has 1 aromatic rings. The van der Waals surface area contributed by atoms with E-state index in [9.17, 15) is 9.59 Å². The fourth-order valence-electron chi connectivity index (χ4n) is 3.06. The second-order valence-corrected chi connectivity index (χ2v) is 9.49. The van der Waals surface area contributed by atoms with Gasteiger partial charge in [-0.1, -0.05) is 91.8 Å². The molecule has 0 spiro atoms. The number of carbonyl (C=O) groups is 2. The monoisotopic (exact) mass is 473 g/mol. The summed E-state index contributed by atoms with van der Waals surface area (Å²) in [6.07, 6.45) is 10.2. The number of thioether (sulfide) groups is 1. The molecule has 4 nitrogen and oxygen atoms in total. The van der Waals surface area contributed by atoms with E-state index in [1.54, 1.807) is 29.2 Å². The number of halogens is 2. The smallest absolute Gasteiger partial charge is 0.303 e. The highest BCUT2D eigenvalue weighted by molar-refractivity contribution is 8.26. The lowest BCUT2D eigenvalue weighted by molar-refractivity contribution is -0.137. The number of carbonyl (C=O) groups excluding carboxylic acids is 1. The molecule has 1 heterocycles. The van der Waals surface area contributed by atoms with Crippen molar-refractivity contribution in [2.75, 3.05) is 6.54 Å². The van der Waals surface area contributed by atoms with Gasteiger partial charge >= 0.3 is 5.97 Å². The number of thiocarbonyl (C=S) groups is 1. The first kappa shape index (κ1) is 24.2. The Balaban J connectivity index is 1.68. The molecule has 0 atom stereocenters. The average Bonchev–Trinajstić information content (AvgIpc) is 2.92. The van der Waals surface area contributed by atoms with Crippen molar-refractivity contribution >= 4 is 69.5 Å². The third kappa shape index (κ3) is 8.28. The van der Waals surface area contributed by atoms with Gasteiger partial charge in [0.05, 0.1) is 4.91 Å². The minimum absolute atomic E-state index is 0.0653. The summed E-state index contributed by atoms with van der Waals surface area (Å²) in [5, 5.41) is 9.66. The van der Waals surface area contributed by atoms with Crippen molar-refractivity contribution in [3.63, 3.8) is 0 Å². The average molecular weight is 474 g/mol. The number of amides is 1. The summed E-state index contributed by atoms with van der Waals surface area (Å²) < 4.78 is 0.588. The zero-order chi connectivity index (χ0) is 21.2. The second kappa shape index (κ2) is 12.6. The van der Waals surface area contributed by atoms with Gasteiger partial charge in [-0.15, -0.1) is 0 Å². The summed E-state index contributed by atoms with van der Waals surface area (Å²) in [7, 11) is 0. The second-order valence-electron chi connectivity index (χ2n) is 6.97. The van der Waals surface area contributed by atoms with Gasteiger partial charge < -0.3 is 5.11 Å². The highest BCUT2D eigenvalue weighted by Gasteiger charge is 2.31. The van der Waals surface area contributed by atoms with Crippen molar-refractivity contribution in [1.29, 1.82) is 0 Å². The number of hydrogen-bond acceptors (Lipinski definition) is 4. The molecule has 1 saturated heterocycles. The molecule has 0 aliphatic carbocycles. The first-order valence-electron chi connectivity index (χ1n) is 9.80. The Labute approximate surface area is 191 Å². The van der Waals surface area contributed by atoms with Gasteiger partial charge in [0.15, 0.2) is 0 Å². The van der Waals surface area contributed by atoms with E-state index in [-0.39, 0.29) is 12.3 Å². The number of hydrogen-bond donors (Lipinski definition) is 1. The van der Waals surface area contributed by atoms with Gasteiger partial charge in [0.1, 0.15) is 4.32 Å². The van der Waals surface area contributed by atoms with Crippen LogP contribution in [0.5, 0.6) is 0 Å². The van der Waals surface area contributed by atoms with Crippen LogP contribution in [0.4, 0.5) is 0 Å². The highest BCUT2D eigenvalue weighted by atomic mass is 35.5. The summed E-state index contributed by atoms with van der Waals surface area (Å²) in [5.41, 5.74) is 0.750. The fraction of sp³-hybridized carbons (Fsp3) is 0.476. The lowest BCUT2D eigenvalue weighted by Gasteiger charge is -2.14. The molecule has 8 heteroatoms. The summed E-state index contributed by atoms with van der Waals surface area (Å²) >= 11 is 18.8. The Bertz CT molecular complexity index is 783. The maximum Gasteiger partial charge on any atom is 0.303 e. The molecule has 0 aromatic heterocycles. The fourth-order valence-corrected chi connectivity index (χ4v) is 4.82. The number of carboxylic acid groups (broad SMARTS) is 1. The van der Waals surface area contributed by atoms with Crippen LogP contribution >= 0.6 is 47.2 Å². The van der Waals surface area contributed by atoms with Crippen LogP contribution in [0, 0.1) is 0 Å². The maximum absolute atomic E-state index is 12.7. The van der Waals surface area contributed by atoms with Gasteiger partial charge in [-0.05, 0) is 36.6 Å². The summed E-state index contributed by atoms with van der Waals surface area (Å²) in [6, 6.07) is 5.19. The number of carboxylic acids is 1. The summed E-state index contributed by atoms with van der Waals surface area (Å²) in [6.45, 7) is 0.634.